The number of hydrogen-bond acceptors (Lipinski definition) is 9. The predicted octanol–water partition coefficient (Wildman–Crippen LogP) is 11.9. The Bertz CT molecular complexity index is 3430. The van der Waals surface area contributed by atoms with E-state index in [4.69, 9.17) is 10.7 Å². The van der Waals surface area contributed by atoms with Crippen molar-refractivity contribution in [2.24, 2.45) is 56.6 Å². The Morgan fingerprint density at radius 3 is 2.67 bits per heavy atom. The molecule has 7 aliphatic carbocycles. The zero-order valence-corrected chi connectivity index (χ0v) is 46.5. The lowest BCUT2D eigenvalue weighted by Crippen LogP contribution is -2.54. The highest BCUT2D eigenvalue weighted by Crippen LogP contribution is 2.77. The van der Waals surface area contributed by atoms with Gasteiger partial charge in [-0.05, 0) is 172 Å². The van der Waals surface area contributed by atoms with Gasteiger partial charge in [0.05, 0.1) is 45.0 Å². The third-order valence-electron chi connectivity index (χ3n) is 21.3. The van der Waals surface area contributed by atoms with E-state index in [0.29, 0.717) is 30.8 Å². The van der Waals surface area contributed by atoms with Crippen LogP contribution < -0.4 is 16.4 Å². The summed E-state index contributed by atoms with van der Waals surface area (Å²) in [5, 5.41) is 44.6. The summed E-state index contributed by atoms with van der Waals surface area (Å²) in [6.07, 6.45) is 27.1. The molecule has 5 heterocycles. The van der Waals surface area contributed by atoms with Crippen LogP contribution in [0.3, 0.4) is 0 Å². The molecule has 3 aromatic heterocycles. The van der Waals surface area contributed by atoms with Crippen molar-refractivity contribution in [2.75, 3.05) is 11.9 Å². The summed E-state index contributed by atoms with van der Waals surface area (Å²) in [4.78, 5) is 33.9. The number of H-pyrrole nitrogens is 1. The van der Waals surface area contributed by atoms with E-state index in [0.717, 1.165) is 125 Å². The van der Waals surface area contributed by atoms with E-state index >= 15 is 4.79 Å². The first-order valence-corrected chi connectivity index (χ1v) is 30.8. The van der Waals surface area contributed by atoms with Gasteiger partial charge in [-0.2, -0.15) is 0 Å². The van der Waals surface area contributed by atoms with Crippen molar-refractivity contribution < 1.29 is 20.1 Å². The monoisotopic (exact) mass is 1080 g/mol. The standard InChI is InChI=1S/C66H72N6O4S2/c1-3-9-42-15-21-53(77-42)54-22-23-55(78-54)61(75)50-26-29-64-28-25-49-59(65(36-66(49,50)35-64)27-8-11-40(65)34-73)46-18-16-43-39(31-57(64)72-62(67)70-41-12-5-4-6-13-41)30-52(74)48-20-24-56(71-60(43)48)63(2,76)32-38-10-7-14-45-44(46)17-19-47(58(38)45)51-33-68-37-69-51/h7,10,14-15,20-25,28,30,33,37,40-41,44,46-47,49-50,56-57,59,71,73-74,76H,4-6,8,11-13,17,19,26-27,29,31-32,34-36H2,1-2H3,(H,68,69)(H3,67,70,72)/t40-,44+,46+,47-,49+,50-,56-,57+,59+,63-,64+,65-,66-/m1/s1. The topological polar surface area (TPSA) is 169 Å². The number of imidazole rings is 1. The van der Waals surface area contributed by atoms with Gasteiger partial charge in [0.25, 0.3) is 0 Å². The third-order valence-corrected chi connectivity index (χ3v) is 23.6. The molecule has 0 saturated heterocycles. The molecular formula is C66H72N6O4S2. The van der Waals surface area contributed by atoms with Crippen LogP contribution in [0.25, 0.3) is 15.8 Å². The first-order chi connectivity index (χ1) is 37.9. The molecule has 0 amide bonds. The Balaban J connectivity index is 1.01. The number of phenolic OH excluding ortho intramolecular Hbond substituents is 1. The summed E-state index contributed by atoms with van der Waals surface area (Å²) in [5.41, 5.74) is 12.6. The molecule has 4 saturated carbocycles. The molecule has 78 heavy (non-hydrogen) atoms. The number of nitrogens with two attached hydrogens (primary N) is 1. The number of phenols is 1. The summed E-state index contributed by atoms with van der Waals surface area (Å²) in [7, 11) is 0. The van der Waals surface area contributed by atoms with Crippen LogP contribution in [0.5, 0.6) is 5.75 Å². The number of guanidine groups is 1. The normalized spacial score (nSPS) is 35.1. The van der Waals surface area contributed by atoms with Crippen molar-refractivity contribution in [3.63, 3.8) is 0 Å². The van der Waals surface area contributed by atoms with Crippen molar-refractivity contribution in [3.8, 4) is 39.2 Å². The first-order valence-electron chi connectivity index (χ1n) is 29.2. The number of benzene rings is 2. The molecule has 0 radical (unpaired) electrons. The van der Waals surface area contributed by atoms with Crippen LogP contribution in [0.4, 0.5) is 5.69 Å². The lowest BCUT2D eigenvalue weighted by molar-refractivity contribution is -0.0192. The lowest BCUT2D eigenvalue weighted by Gasteiger charge is -2.57. The van der Waals surface area contributed by atoms with Crippen LogP contribution in [0.1, 0.15) is 169 Å². The molecule has 10 nitrogen and oxygen atoms in total. The summed E-state index contributed by atoms with van der Waals surface area (Å²) in [5.74, 6) is 15.0. The number of hydrogen-bond donors (Lipinski definition) is 7. The first kappa shape index (κ1) is 50.3. The number of aliphatic hydroxyl groups is 2. The average Bonchev–Trinajstić information content (AvgIpc) is 3.89. The number of nitrogens with one attached hydrogen (secondary N) is 3. The minimum Gasteiger partial charge on any atom is -0.507 e. The Kier molecular flexibility index (Phi) is 12.4. The van der Waals surface area contributed by atoms with Crippen molar-refractivity contribution in [3.05, 3.63) is 128 Å². The van der Waals surface area contributed by atoms with Crippen LogP contribution in [0.15, 0.2) is 84.3 Å². The minimum atomic E-state index is -1.24. The number of thiophene rings is 2. The lowest BCUT2D eigenvalue weighted by atomic mass is 9.47. The number of anilines is 1. The number of aliphatic hydroxyl groups excluding tert-OH is 1. The van der Waals surface area contributed by atoms with E-state index in [1.807, 2.05) is 38.3 Å². The van der Waals surface area contributed by atoms with Crippen LogP contribution in [0.2, 0.25) is 0 Å². The number of aromatic amines is 1. The molecule has 9 aliphatic rings. The quantitative estimate of drug-likeness (QED) is 0.0278. The SMILES string of the molecule is CC#Cc1ccc(-c2ccc(C(=O)[C@H]3CC[C@]45C=C[C@H]6[C@H]([C@H]7C#Cc8c(cc(O)c9c8N[C@H](C=C9)[C@](C)(O)Cc8cccc9c8[C@@H](c8cnc[nH]8)CC[C@@H]97)C[C@@H]4N=C(N)NC4CCCCC4)[C@]4(CCC[C@@H]4CO)C[C@@]36C5)s2)s1. The Labute approximate surface area is 467 Å². The highest BCUT2D eigenvalue weighted by atomic mass is 32.1. The number of nitrogens with zero attached hydrogens (tertiary/aromatic N) is 2. The van der Waals surface area contributed by atoms with Crippen LogP contribution in [0, 0.1) is 69.5 Å². The van der Waals surface area contributed by atoms with Gasteiger partial charge in [0.1, 0.15) is 5.75 Å². The van der Waals surface area contributed by atoms with Crippen molar-refractivity contribution in [1.29, 1.82) is 0 Å². The van der Waals surface area contributed by atoms with E-state index in [2.05, 4.69) is 98.9 Å². The molecule has 2 aliphatic heterocycles. The van der Waals surface area contributed by atoms with Crippen LogP contribution >= 0.6 is 22.7 Å². The molecule has 2 aromatic carbocycles. The fraction of sp³-hybridized carbons (Fsp3) is 0.500. The van der Waals surface area contributed by atoms with Gasteiger partial charge >= 0.3 is 0 Å². The molecule has 14 rings (SSSR count). The molecule has 4 fully saturated rings. The Morgan fingerprint density at radius 2 is 1.83 bits per heavy atom. The Hall–Kier alpha value is -5.89. The molecule has 3 spiro atoms. The molecular weight excluding hydrogens is 1000 g/mol. The summed E-state index contributed by atoms with van der Waals surface area (Å²) >= 11 is 3.30. The summed E-state index contributed by atoms with van der Waals surface area (Å²) in [6.45, 7) is 3.90. The smallest absolute Gasteiger partial charge is 0.189 e. The second-order valence-electron chi connectivity index (χ2n) is 25.3. The number of aliphatic imine (C=N–C) groups is 1. The minimum absolute atomic E-state index is 0.00488. The number of allylic oxidation sites excluding steroid dienone is 1. The predicted molar refractivity (Wildman–Crippen MR) is 312 cm³/mol. The average molecular weight is 1080 g/mol. The van der Waals surface area contributed by atoms with E-state index in [1.165, 1.54) is 17.5 Å². The van der Waals surface area contributed by atoms with Crippen LogP contribution in [-0.4, -0.2) is 67.4 Å². The van der Waals surface area contributed by atoms with Gasteiger partial charge in [0.15, 0.2) is 11.7 Å². The zero-order valence-electron chi connectivity index (χ0n) is 44.9. The number of carbonyl (C=O) groups excluding carboxylic acids is 1. The number of aromatic hydroxyl groups is 1. The van der Waals surface area contributed by atoms with E-state index < -0.39 is 22.5 Å². The van der Waals surface area contributed by atoms with E-state index in [-0.39, 0.29) is 77.1 Å². The van der Waals surface area contributed by atoms with E-state index in [9.17, 15) is 15.3 Å². The Morgan fingerprint density at radius 1 is 0.974 bits per heavy atom. The maximum absolute atomic E-state index is 16.1. The maximum Gasteiger partial charge on any atom is 0.189 e. The molecule has 5 aromatic rings. The second kappa shape index (κ2) is 19.1. The number of aromatic nitrogens is 2. The van der Waals surface area contributed by atoms with Crippen molar-refractivity contribution >= 4 is 46.2 Å². The number of fused-ring (bicyclic) bond motifs is 5. The number of ketones is 1. The molecule has 12 heteroatoms. The van der Waals surface area contributed by atoms with Gasteiger partial charge in [-0.1, -0.05) is 85.9 Å². The van der Waals surface area contributed by atoms with Crippen molar-refractivity contribution in [2.45, 2.75) is 152 Å². The highest BCUT2D eigenvalue weighted by Gasteiger charge is 2.72. The fourth-order valence-electron chi connectivity index (χ4n) is 18.1. The van der Waals surface area contributed by atoms with Gasteiger partial charge in [-0.15, -0.1) is 28.6 Å². The molecule has 8 N–H and O–H groups in total. The molecule has 0 unspecified atom stereocenters. The van der Waals surface area contributed by atoms with E-state index in [1.54, 1.807) is 29.0 Å². The van der Waals surface area contributed by atoms with Gasteiger partial charge in [0.2, 0.25) is 0 Å². The highest BCUT2D eigenvalue weighted by molar-refractivity contribution is 7.23. The number of rotatable bonds is 7. The number of Topliss-reactive ketones (excluding diaryl/α,β-unsaturated/α-hetero) is 1. The van der Waals surface area contributed by atoms with Gasteiger partial charge in [-0.3, -0.25) is 4.79 Å². The summed E-state index contributed by atoms with van der Waals surface area (Å²) < 4.78 is 0. The number of carbonyl (C=O) groups is 1. The van der Waals surface area contributed by atoms with Crippen molar-refractivity contribution in [1.82, 2.24) is 15.3 Å². The second-order valence-corrected chi connectivity index (χ2v) is 27.5. The molecule has 13 atom stereocenters. The third kappa shape index (κ3) is 7.96. The molecule has 11 bridgehead atoms. The summed E-state index contributed by atoms with van der Waals surface area (Å²) in [6, 6.07) is 16.5. The maximum atomic E-state index is 16.1. The largest absolute Gasteiger partial charge is 0.507 e. The van der Waals surface area contributed by atoms with Gasteiger partial charge in [0, 0.05) is 69.4 Å². The molecule has 402 valence electrons. The van der Waals surface area contributed by atoms with Crippen LogP contribution in [-0.2, 0) is 12.8 Å². The van der Waals surface area contributed by atoms with Gasteiger partial charge in [-0.25, -0.2) is 9.98 Å². The fourth-order valence-corrected chi connectivity index (χ4v) is 20.1. The van der Waals surface area contributed by atoms with Gasteiger partial charge < -0.3 is 36.7 Å². The zero-order chi connectivity index (χ0) is 53.1.